The summed E-state index contributed by atoms with van der Waals surface area (Å²) in [7, 11) is -3.73. The minimum atomic E-state index is -3.73. The molecule has 3 N–H and O–H groups in total. The van der Waals surface area contributed by atoms with Gasteiger partial charge in [-0.15, -0.1) is 0 Å². The van der Waals surface area contributed by atoms with Crippen LogP contribution >= 0.6 is 0 Å². The maximum Gasteiger partial charge on any atom is 0.262 e. The summed E-state index contributed by atoms with van der Waals surface area (Å²) in [6, 6.07) is 12.5. The molecule has 164 valence electrons. The van der Waals surface area contributed by atoms with E-state index in [-0.39, 0.29) is 16.7 Å². The topological polar surface area (TPSA) is 117 Å². The lowest BCUT2D eigenvalue weighted by molar-refractivity contribution is -0.115. The molecule has 0 radical (unpaired) electrons. The van der Waals surface area contributed by atoms with E-state index in [0.29, 0.717) is 42.2 Å². The van der Waals surface area contributed by atoms with Crippen molar-refractivity contribution in [3.63, 3.8) is 0 Å². The van der Waals surface area contributed by atoms with Gasteiger partial charge in [-0.2, -0.15) is 0 Å². The standard InChI is InChI=1S/C22H26N4O4S/c1-2-21(27)24-18-8-6-7-16(15-18)22(28)25-17-10-12-19(13-11-17)31(29,30)26-20-9-4-3-5-14-23-20/h6-8,10-13,15H,2-5,9,14H2,1H3,(H,23,26)(H,24,27)(H,25,28). The third kappa shape index (κ3) is 6.39. The van der Waals surface area contributed by atoms with Crippen LogP contribution < -0.4 is 15.4 Å². The van der Waals surface area contributed by atoms with Gasteiger partial charge in [0.1, 0.15) is 5.84 Å². The maximum absolute atomic E-state index is 12.6. The number of nitrogens with one attached hydrogen (secondary N) is 3. The van der Waals surface area contributed by atoms with E-state index in [4.69, 9.17) is 0 Å². The average Bonchev–Trinajstić information content (AvgIpc) is 3.02. The van der Waals surface area contributed by atoms with Crippen LogP contribution in [0.4, 0.5) is 11.4 Å². The summed E-state index contributed by atoms with van der Waals surface area (Å²) in [5.74, 6) is -0.0168. The minimum Gasteiger partial charge on any atom is -0.326 e. The van der Waals surface area contributed by atoms with Gasteiger partial charge in [-0.3, -0.25) is 19.3 Å². The second kappa shape index (κ2) is 10.2. The van der Waals surface area contributed by atoms with Gasteiger partial charge >= 0.3 is 0 Å². The zero-order valence-electron chi connectivity index (χ0n) is 17.3. The molecule has 1 heterocycles. The normalized spacial score (nSPS) is 14.2. The number of nitrogens with zero attached hydrogens (tertiary/aromatic N) is 1. The first-order valence-corrected chi connectivity index (χ1v) is 11.7. The molecule has 0 saturated carbocycles. The molecule has 31 heavy (non-hydrogen) atoms. The van der Waals surface area contributed by atoms with Crippen LogP contribution in [-0.2, 0) is 14.8 Å². The Morgan fingerprint density at radius 1 is 0.968 bits per heavy atom. The van der Waals surface area contributed by atoms with E-state index in [1.807, 2.05) is 0 Å². The van der Waals surface area contributed by atoms with Gasteiger partial charge in [0.15, 0.2) is 0 Å². The SMILES string of the molecule is CCC(=O)Nc1cccc(C(=O)Nc2ccc(S(=O)(=O)NC3=NCCCCC3)cc2)c1. The van der Waals surface area contributed by atoms with Crippen molar-refractivity contribution in [1.82, 2.24) is 4.72 Å². The van der Waals surface area contributed by atoms with Crippen molar-refractivity contribution in [3.05, 3.63) is 54.1 Å². The Balaban J connectivity index is 1.66. The van der Waals surface area contributed by atoms with Crippen LogP contribution in [0.5, 0.6) is 0 Å². The monoisotopic (exact) mass is 442 g/mol. The highest BCUT2D eigenvalue weighted by atomic mass is 32.2. The fraction of sp³-hybridized carbons (Fsp3) is 0.318. The molecule has 0 atom stereocenters. The fourth-order valence-electron chi connectivity index (χ4n) is 3.08. The maximum atomic E-state index is 12.6. The van der Waals surface area contributed by atoms with Gasteiger partial charge in [0.2, 0.25) is 5.91 Å². The molecule has 2 amide bonds. The number of carbonyl (C=O) groups excluding carboxylic acids is 2. The lowest BCUT2D eigenvalue weighted by Gasteiger charge is -2.11. The molecule has 0 aromatic heterocycles. The predicted molar refractivity (Wildman–Crippen MR) is 121 cm³/mol. The number of aliphatic imine (C=N–C) groups is 1. The highest BCUT2D eigenvalue weighted by Crippen LogP contribution is 2.17. The first-order valence-electron chi connectivity index (χ1n) is 10.2. The molecule has 0 aliphatic carbocycles. The summed E-state index contributed by atoms with van der Waals surface area (Å²) in [4.78, 5) is 28.5. The Kier molecular flexibility index (Phi) is 7.41. The van der Waals surface area contributed by atoms with Crippen molar-refractivity contribution in [2.75, 3.05) is 17.2 Å². The molecule has 0 saturated heterocycles. The number of amides is 2. The predicted octanol–water partition coefficient (Wildman–Crippen LogP) is 3.54. The molecule has 0 spiro atoms. The van der Waals surface area contributed by atoms with E-state index in [9.17, 15) is 18.0 Å². The summed E-state index contributed by atoms with van der Waals surface area (Å²) < 4.78 is 27.8. The highest BCUT2D eigenvalue weighted by Gasteiger charge is 2.17. The molecule has 9 heteroatoms. The van der Waals surface area contributed by atoms with E-state index >= 15 is 0 Å². The molecule has 0 bridgehead atoms. The van der Waals surface area contributed by atoms with Gasteiger partial charge in [-0.1, -0.05) is 19.4 Å². The molecular formula is C22H26N4O4S. The highest BCUT2D eigenvalue weighted by molar-refractivity contribution is 7.90. The number of anilines is 2. The average molecular weight is 443 g/mol. The van der Waals surface area contributed by atoms with Gasteiger partial charge in [0, 0.05) is 36.3 Å². The fourth-order valence-corrected chi connectivity index (χ4v) is 4.17. The number of amidine groups is 1. The number of sulfonamides is 1. The largest absolute Gasteiger partial charge is 0.326 e. The molecule has 2 aromatic carbocycles. The van der Waals surface area contributed by atoms with E-state index in [0.717, 1.165) is 19.3 Å². The Bertz CT molecular complexity index is 1080. The molecule has 8 nitrogen and oxygen atoms in total. The van der Waals surface area contributed by atoms with Crippen molar-refractivity contribution in [2.24, 2.45) is 4.99 Å². The van der Waals surface area contributed by atoms with Gasteiger partial charge in [0.05, 0.1) is 4.90 Å². The van der Waals surface area contributed by atoms with Gasteiger partial charge in [-0.25, -0.2) is 8.42 Å². The number of hydrogen-bond donors (Lipinski definition) is 3. The number of carbonyl (C=O) groups is 2. The number of benzene rings is 2. The quantitative estimate of drug-likeness (QED) is 0.634. The Morgan fingerprint density at radius 3 is 2.48 bits per heavy atom. The van der Waals surface area contributed by atoms with E-state index < -0.39 is 10.0 Å². The Hall–Kier alpha value is -3.20. The summed E-state index contributed by atoms with van der Waals surface area (Å²) in [5, 5.41) is 5.44. The summed E-state index contributed by atoms with van der Waals surface area (Å²) in [5.41, 5.74) is 1.37. The second-order valence-electron chi connectivity index (χ2n) is 7.21. The lowest BCUT2D eigenvalue weighted by atomic mass is 10.1. The third-order valence-electron chi connectivity index (χ3n) is 4.78. The van der Waals surface area contributed by atoms with Crippen molar-refractivity contribution in [2.45, 2.75) is 43.9 Å². The van der Waals surface area contributed by atoms with Gasteiger partial charge in [-0.05, 0) is 55.3 Å². The molecule has 0 unspecified atom stereocenters. The second-order valence-corrected chi connectivity index (χ2v) is 8.89. The summed E-state index contributed by atoms with van der Waals surface area (Å²) >= 11 is 0. The van der Waals surface area contributed by atoms with Gasteiger partial charge < -0.3 is 10.6 Å². The molecule has 0 fully saturated rings. The Labute approximate surface area is 182 Å². The first-order chi connectivity index (χ1) is 14.9. The van der Waals surface area contributed by atoms with Crippen molar-refractivity contribution in [3.8, 4) is 0 Å². The molecular weight excluding hydrogens is 416 g/mol. The Morgan fingerprint density at radius 2 is 1.74 bits per heavy atom. The van der Waals surface area contributed by atoms with Crippen LogP contribution in [0.25, 0.3) is 0 Å². The van der Waals surface area contributed by atoms with Crippen molar-refractivity contribution < 1.29 is 18.0 Å². The van der Waals surface area contributed by atoms with Crippen LogP contribution in [-0.4, -0.2) is 32.6 Å². The molecule has 2 aromatic rings. The van der Waals surface area contributed by atoms with E-state index in [1.165, 1.54) is 24.3 Å². The van der Waals surface area contributed by atoms with Gasteiger partial charge in [0.25, 0.3) is 15.9 Å². The molecule has 3 rings (SSSR count). The van der Waals surface area contributed by atoms with Crippen LogP contribution in [0.15, 0.2) is 58.4 Å². The zero-order valence-corrected chi connectivity index (χ0v) is 18.2. The first kappa shape index (κ1) is 22.5. The van der Waals surface area contributed by atoms with Crippen LogP contribution in [0.2, 0.25) is 0 Å². The minimum absolute atomic E-state index is 0.0988. The van der Waals surface area contributed by atoms with E-state index in [2.05, 4.69) is 20.3 Å². The molecule has 1 aliphatic heterocycles. The zero-order chi connectivity index (χ0) is 22.3. The number of rotatable bonds is 6. The van der Waals surface area contributed by atoms with Crippen LogP contribution in [0, 0.1) is 0 Å². The van der Waals surface area contributed by atoms with Crippen LogP contribution in [0.3, 0.4) is 0 Å². The molecule has 1 aliphatic rings. The smallest absolute Gasteiger partial charge is 0.262 e. The lowest BCUT2D eigenvalue weighted by Crippen LogP contribution is -2.30. The summed E-state index contributed by atoms with van der Waals surface area (Å²) in [6.45, 7) is 2.38. The number of hydrogen-bond acceptors (Lipinski definition) is 5. The van der Waals surface area contributed by atoms with Crippen molar-refractivity contribution in [1.29, 1.82) is 0 Å². The summed E-state index contributed by atoms with van der Waals surface area (Å²) in [6.07, 6.45) is 3.87. The van der Waals surface area contributed by atoms with Crippen LogP contribution in [0.1, 0.15) is 49.4 Å². The van der Waals surface area contributed by atoms with E-state index in [1.54, 1.807) is 31.2 Å². The third-order valence-corrected chi connectivity index (χ3v) is 6.18. The van der Waals surface area contributed by atoms with Crippen molar-refractivity contribution >= 4 is 39.0 Å².